The summed E-state index contributed by atoms with van der Waals surface area (Å²) < 4.78 is 28.6. The summed E-state index contributed by atoms with van der Waals surface area (Å²) in [7, 11) is -4.18. The van der Waals surface area contributed by atoms with Gasteiger partial charge in [-0.3, -0.25) is 13.9 Å². The Labute approximate surface area is 238 Å². The molecule has 0 saturated carbocycles. The van der Waals surface area contributed by atoms with Gasteiger partial charge in [-0.2, -0.15) is 0 Å². The number of rotatable bonds is 10. The number of nitrogens with one attached hydrogen (secondary N) is 1. The van der Waals surface area contributed by atoms with Crippen LogP contribution in [0, 0.1) is 6.92 Å². The molecule has 38 heavy (non-hydrogen) atoms. The summed E-state index contributed by atoms with van der Waals surface area (Å²) >= 11 is 18.7. The summed E-state index contributed by atoms with van der Waals surface area (Å²) in [5.41, 5.74) is 1.30. The molecule has 11 heteroatoms. The van der Waals surface area contributed by atoms with Crippen LogP contribution in [-0.2, 0) is 26.2 Å². The molecular weight excluding hydrogens is 569 g/mol. The number of carbonyl (C=O) groups is 2. The summed E-state index contributed by atoms with van der Waals surface area (Å²) in [6.07, 6.45) is 0. The Bertz CT molecular complexity index is 1420. The summed E-state index contributed by atoms with van der Waals surface area (Å²) in [6, 6.07) is 16.6. The molecule has 1 unspecified atom stereocenters. The van der Waals surface area contributed by atoms with E-state index in [4.69, 9.17) is 34.8 Å². The largest absolute Gasteiger partial charge is 0.355 e. The van der Waals surface area contributed by atoms with Crippen molar-refractivity contribution in [2.45, 2.75) is 38.3 Å². The maximum absolute atomic E-state index is 13.9. The highest BCUT2D eigenvalue weighted by atomic mass is 35.5. The third-order valence-corrected chi connectivity index (χ3v) is 8.76. The Morgan fingerprint density at radius 1 is 0.947 bits per heavy atom. The van der Waals surface area contributed by atoms with E-state index in [9.17, 15) is 18.0 Å². The zero-order chi connectivity index (χ0) is 28.0. The predicted molar refractivity (Wildman–Crippen MR) is 152 cm³/mol. The monoisotopic (exact) mass is 595 g/mol. The van der Waals surface area contributed by atoms with E-state index >= 15 is 0 Å². The second-order valence-corrected chi connectivity index (χ2v) is 11.6. The zero-order valence-corrected chi connectivity index (χ0v) is 24.2. The number of benzene rings is 3. The van der Waals surface area contributed by atoms with Crippen LogP contribution in [-0.4, -0.2) is 44.3 Å². The fraction of sp³-hybridized carbons (Fsp3) is 0.259. The van der Waals surface area contributed by atoms with Crippen LogP contribution in [0.2, 0.25) is 15.1 Å². The van der Waals surface area contributed by atoms with E-state index in [0.717, 1.165) is 4.31 Å². The molecule has 0 bridgehead atoms. The van der Waals surface area contributed by atoms with Crippen molar-refractivity contribution < 1.29 is 18.0 Å². The van der Waals surface area contributed by atoms with Crippen molar-refractivity contribution in [1.82, 2.24) is 10.2 Å². The van der Waals surface area contributed by atoms with Gasteiger partial charge < -0.3 is 10.2 Å². The van der Waals surface area contributed by atoms with Crippen molar-refractivity contribution in [3.8, 4) is 0 Å². The number of likely N-dealkylation sites (N-methyl/N-ethyl adjacent to an activating group) is 1. The van der Waals surface area contributed by atoms with E-state index in [-0.39, 0.29) is 23.0 Å². The average Bonchev–Trinajstić information content (AvgIpc) is 2.88. The molecule has 0 aliphatic carbocycles. The summed E-state index contributed by atoms with van der Waals surface area (Å²) in [4.78, 5) is 28.0. The summed E-state index contributed by atoms with van der Waals surface area (Å²) in [5.74, 6) is -0.990. The van der Waals surface area contributed by atoms with Crippen molar-refractivity contribution in [2.75, 3.05) is 17.4 Å². The number of carbonyl (C=O) groups excluding carboxylic acids is 2. The SMILES string of the molecule is CCNC(=O)C(C)N(Cc1ccc(Cl)cc1Cl)C(=O)CN(c1cccc(Cl)c1C)S(=O)(=O)c1ccccc1. The van der Waals surface area contributed by atoms with Gasteiger partial charge in [-0.1, -0.05) is 65.1 Å². The van der Waals surface area contributed by atoms with Crippen LogP contribution in [0.25, 0.3) is 0 Å². The van der Waals surface area contributed by atoms with Crippen LogP contribution < -0.4 is 9.62 Å². The van der Waals surface area contributed by atoms with Crippen LogP contribution in [0.5, 0.6) is 0 Å². The fourth-order valence-electron chi connectivity index (χ4n) is 3.84. The Kier molecular flexibility index (Phi) is 10.1. The molecule has 1 atom stereocenters. The number of halogens is 3. The minimum atomic E-state index is -4.18. The minimum absolute atomic E-state index is 0.0104. The first-order valence-corrected chi connectivity index (χ1v) is 14.4. The van der Waals surface area contributed by atoms with Gasteiger partial charge in [-0.05, 0) is 68.3 Å². The second kappa shape index (κ2) is 12.8. The lowest BCUT2D eigenvalue weighted by molar-refractivity contribution is -0.139. The van der Waals surface area contributed by atoms with Crippen LogP contribution in [0.15, 0.2) is 71.6 Å². The summed E-state index contributed by atoms with van der Waals surface area (Å²) in [5, 5.41) is 3.80. The standard InChI is InChI=1S/C27H28Cl3N3O4S/c1-4-31-27(35)19(3)32(16-20-13-14-21(28)15-24(20)30)26(34)17-33(25-12-8-11-23(29)18(25)2)38(36,37)22-9-6-5-7-10-22/h5-15,19H,4,16-17H2,1-3H3,(H,31,35). The van der Waals surface area contributed by atoms with Gasteiger partial charge in [0.25, 0.3) is 10.0 Å². The highest BCUT2D eigenvalue weighted by Gasteiger charge is 2.33. The van der Waals surface area contributed by atoms with E-state index < -0.39 is 28.5 Å². The topological polar surface area (TPSA) is 86.8 Å². The Hall–Kier alpha value is -2.78. The molecule has 0 radical (unpaired) electrons. The van der Waals surface area contributed by atoms with Gasteiger partial charge in [0.1, 0.15) is 12.6 Å². The van der Waals surface area contributed by atoms with Gasteiger partial charge in [0.2, 0.25) is 11.8 Å². The number of hydrogen-bond acceptors (Lipinski definition) is 4. The lowest BCUT2D eigenvalue weighted by atomic mass is 10.1. The number of hydrogen-bond donors (Lipinski definition) is 1. The third kappa shape index (κ3) is 6.80. The van der Waals surface area contributed by atoms with E-state index in [1.807, 2.05) is 0 Å². The normalized spacial score (nSPS) is 12.1. The number of amides is 2. The highest BCUT2D eigenvalue weighted by Crippen LogP contribution is 2.31. The van der Waals surface area contributed by atoms with Crippen molar-refractivity contribution in [3.63, 3.8) is 0 Å². The van der Waals surface area contributed by atoms with Gasteiger partial charge >= 0.3 is 0 Å². The molecule has 0 aliphatic rings. The van der Waals surface area contributed by atoms with Crippen molar-refractivity contribution in [1.29, 1.82) is 0 Å². The van der Waals surface area contributed by atoms with Crippen molar-refractivity contribution in [2.24, 2.45) is 0 Å². The maximum Gasteiger partial charge on any atom is 0.264 e. The molecule has 0 saturated heterocycles. The minimum Gasteiger partial charge on any atom is -0.355 e. The van der Waals surface area contributed by atoms with Gasteiger partial charge in [0.05, 0.1) is 10.6 Å². The molecule has 3 rings (SSSR count). The fourth-order valence-corrected chi connectivity index (χ4v) is 5.97. The zero-order valence-electron chi connectivity index (χ0n) is 21.1. The van der Waals surface area contributed by atoms with Crippen molar-refractivity contribution >= 4 is 62.3 Å². The second-order valence-electron chi connectivity index (χ2n) is 8.54. The summed E-state index contributed by atoms with van der Waals surface area (Å²) in [6.45, 7) is 4.77. The van der Waals surface area contributed by atoms with E-state index in [1.165, 1.54) is 17.0 Å². The Balaban J connectivity index is 2.08. The van der Waals surface area contributed by atoms with Gasteiger partial charge in [0, 0.05) is 28.2 Å². The van der Waals surface area contributed by atoms with Crippen LogP contribution in [0.3, 0.4) is 0 Å². The van der Waals surface area contributed by atoms with Crippen LogP contribution in [0.4, 0.5) is 5.69 Å². The van der Waals surface area contributed by atoms with E-state index in [2.05, 4.69) is 5.32 Å². The molecule has 1 N–H and O–H groups in total. The molecule has 0 aliphatic heterocycles. The first-order valence-electron chi connectivity index (χ1n) is 11.8. The third-order valence-electron chi connectivity index (χ3n) is 5.99. The molecule has 3 aromatic rings. The van der Waals surface area contributed by atoms with Gasteiger partial charge in [-0.15, -0.1) is 0 Å². The highest BCUT2D eigenvalue weighted by molar-refractivity contribution is 7.92. The first-order chi connectivity index (χ1) is 18.0. The lowest BCUT2D eigenvalue weighted by Gasteiger charge is -2.32. The quantitative estimate of drug-likeness (QED) is 0.325. The molecule has 2 amide bonds. The number of sulfonamides is 1. The smallest absolute Gasteiger partial charge is 0.264 e. The molecule has 0 spiro atoms. The van der Waals surface area contributed by atoms with Crippen LogP contribution in [0.1, 0.15) is 25.0 Å². The van der Waals surface area contributed by atoms with Crippen LogP contribution >= 0.6 is 34.8 Å². The Morgan fingerprint density at radius 2 is 1.63 bits per heavy atom. The van der Waals surface area contributed by atoms with E-state index in [1.54, 1.807) is 75.4 Å². The molecule has 0 aromatic heterocycles. The first kappa shape index (κ1) is 29.8. The molecule has 7 nitrogen and oxygen atoms in total. The van der Waals surface area contributed by atoms with Gasteiger partial charge in [0.15, 0.2) is 0 Å². The van der Waals surface area contributed by atoms with Gasteiger partial charge in [-0.25, -0.2) is 8.42 Å². The van der Waals surface area contributed by atoms with E-state index in [0.29, 0.717) is 32.7 Å². The molecule has 0 fully saturated rings. The molecular formula is C27H28Cl3N3O4S. The predicted octanol–water partition coefficient (Wildman–Crippen LogP) is 5.70. The average molecular weight is 597 g/mol. The molecule has 0 heterocycles. The number of anilines is 1. The number of nitrogens with zero attached hydrogens (tertiary/aromatic N) is 2. The molecule has 202 valence electrons. The Morgan fingerprint density at radius 3 is 2.26 bits per heavy atom. The van der Waals surface area contributed by atoms with Crippen molar-refractivity contribution in [3.05, 3.63) is 92.9 Å². The lowest BCUT2D eigenvalue weighted by Crippen LogP contribution is -2.51. The maximum atomic E-state index is 13.9. The molecule has 3 aromatic carbocycles.